The molecule has 0 amide bonds. The monoisotopic (exact) mass is 235 g/mol. The molecule has 92 valence electrons. The lowest BCUT2D eigenvalue weighted by molar-refractivity contribution is 0.0371. The Hall–Kier alpha value is -1.65. The van der Waals surface area contributed by atoms with Crippen molar-refractivity contribution in [3.8, 4) is 0 Å². The van der Waals surface area contributed by atoms with Gasteiger partial charge in [0, 0.05) is 12.7 Å². The molecule has 1 N–H and O–H groups in total. The van der Waals surface area contributed by atoms with Gasteiger partial charge in [-0.25, -0.2) is 14.8 Å². The third kappa shape index (κ3) is 3.69. The van der Waals surface area contributed by atoms with Crippen LogP contribution >= 0.6 is 0 Å². The van der Waals surface area contributed by atoms with Gasteiger partial charge in [-0.05, 0) is 38.7 Å². The van der Waals surface area contributed by atoms with E-state index in [0.717, 1.165) is 12.5 Å². The van der Waals surface area contributed by atoms with Crippen LogP contribution in [-0.2, 0) is 4.74 Å². The second-order valence-electron chi connectivity index (χ2n) is 4.54. The highest BCUT2D eigenvalue weighted by Crippen LogP contribution is 2.28. The minimum absolute atomic E-state index is 0.139. The van der Waals surface area contributed by atoms with Crippen LogP contribution in [-0.4, -0.2) is 28.6 Å². The van der Waals surface area contributed by atoms with Crippen LogP contribution in [0.3, 0.4) is 0 Å². The van der Waals surface area contributed by atoms with Crippen molar-refractivity contribution < 1.29 is 9.53 Å². The summed E-state index contributed by atoms with van der Waals surface area (Å²) in [6.45, 7) is 4.50. The number of nitrogens with one attached hydrogen (secondary N) is 1. The first-order chi connectivity index (χ1) is 8.15. The van der Waals surface area contributed by atoms with Crippen LogP contribution in [0.2, 0.25) is 0 Å². The smallest absolute Gasteiger partial charge is 0.357 e. The van der Waals surface area contributed by atoms with Gasteiger partial charge in [0.2, 0.25) is 5.95 Å². The van der Waals surface area contributed by atoms with Crippen LogP contribution in [0.5, 0.6) is 0 Å². The van der Waals surface area contributed by atoms with Crippen LogP contribution < -0.4 is 5.32 Å². The fourth-order valence-corrected chi connectivity index (χ4v) is 1.39. The van der Waals surface area contributed by atoms with Crippen LogP contribution in [0.15, 0.2) is 12.3 Å². The Morgan fingerprint density at radius 2 is 2.35 bits per heavy atom. The first-order valence-corrected chi connectivity index (χ1v) is 5.93. The van der Waals surface area contributed by atoms with Crippen molar-refractivity contribution in [1.29, 1.82) is 0 Å². The van der Waals surface area contributed by atoms with Crippen LogP contribution in [0.25, 0.3) is 0 Å². The van der Waals surface area contributed by atoms with E-state index in [1.807, 2.05) is 13.8 Å². The van der Waals surface area contributed by atoms with Gasteiger partial charge in [0.15, 0.2) is 5.69 Å². The van der Waals surface area contributed by atoms with Gasteiger partial charge in [-0.3, -0.25) is 0 Å². The molecule has 0 radical (unpaired) electrons. The van der Waals surface area contributed by atoms with Crippen molar-refractivity contribution in [2.45, 2.75) is 32.8 Å². The zero-order valence-electron chi connectivity index (χ0n) is 10.1. The quantitative estimate of drug-likeness (QED) is 0.789. The number of ether oxygens (including phenoxy) is 1. The maximum absolute atomic E-state index is 11.6. The van der Waals surface area contributed by atoms with Crippen LogP contribution in [0.4, 0.5) is 5.95 Å². The van der Waals surface area contributed by atoms with E-state index < -0.39 is 5.97 Å². The molecule has 1 aromatic heterocycles. The van der Waals surface area contributed by atoms with Crippen LogP contribution in [0, 0.1) is 5.92 Å². The molecule has 5 nitrogen and oxygen atoms in total. The summed E-state index contributed by atoms with van der Waals surface area (Å²) in [5.41, 5.74) is 0.298. The van der Waals surface area contributed by atoms with E-state index in [0.29, 0.717) is 11.6 Å². The number of rotatable bonds is 5. The molecule has 0 atom stereocenters. The summed E-state index contributed by atoms with van der Waals surface area (Å²) in [6, 6.07) is 1.56. The second-order valence-corrected chi connectivity index (χ2v) is 4.54. The second kappa shape index (κ2) is 5.12. The Morgan fingerprint density at radius 1 is 1.59 bits per heavy atom. The summed E-state index contributed by atoms with van der Waals surface area (Å²) in [7, 11) is 0. The summed E-state index contributed by atoms with van der Waals surface area (Å²) < 4.78 is 5.07. The lowest BCUT2D eigenvalue weighted by atomic mass is 10.4. The van der Waals surface area contributed by atoms with Crippen molar-refractivity contribution in [3.05, 3.63) is 18.0 Å². The molecule has 0 aliphatic heterocycles. The summed E-state index contributed by atoms with van der Waals surface area (Å²) in [5.74, 6) is 0.830. The van der Waals surface area contributed by atoms with Crippen molar-refractivity contribution in [2.24, 2.45) is 5.92 Å². The zero-order valence-corrected chi connectivity index (χ0v) is 10.1. The Morgan fingerprint density at radius 3 is 3.00 bits per heavy atom. The minimum Gasteiger partial charge on any atom is -0.458 e. The van der Waals surface area contributed by atoms with E-state index in [1.54, 1.807) is 12.3 Å². The SMILES string of the molecule is CC(C)OC(=O)c1ccnc(NCC2CC2)n1. The molecule has 0 unspecified atom stereocenters. The molecule has 1 aliphatic rings. The average Bonchev–Trinajstić information content (AvgIpc) is 3.10. The lowest BCUT2D eigenvalue weighted by Gasteiger charge is -2.08. The van der Waals surface area contributed by atoms with Crippen molar-refractivity contribution >= 4 is 11.9 Å². The van der Waals surface area contributed by atoms with Crippen molar-refractivity contribution in [1.82, 2.24) is 9.97 Å². The molecule has 0 aromatic carbocycles. The highest BCUT2D eigenvalue weighted by atomic mass is 16.5. The Bertz CT molecular complexity index is 402. The fourth-order valence-electron chi connectivity index (χ4n) is 1.39. The van der Waals surface area contributed by atoms with E-state index >= 15 is 0 Å². The minimum atomic E-state index is -0.406. The number of hydrogen-bond donors (Lipinski definition) is 1. The molecule has 5 heteroatoms. The standard InChI is InChI=1S/C12H17N3O2/c1-8(2)17-11(16)10-5-6-13-12(15-10)14-7-9-3-4-9/h5-6,8-9H,3-4,7H2,1-2H3,(H,13,14,15). The van der Waals surface area contributed by atoms with Gasteiger partial charge in [-0.2, -0.15) is 0 Å². The van der Waals surface area contributed by atoms with Gasteiger partial charge in [0.25, 0.3) is 0 Å². The molecule has 2 rings (SSSR count). The summed E-state index contributed by atoms with van der Waals surface area (Å²) in [6.07, 6.45) is 3.96. The van der Waals surface area contributed by atoms with Gasteiger partial charge in [0.05, 0.1) is 6.10 Å². The topological polar surface area (TPSA) is 64.1 Å². The third-order valence-electron chi connectivity index (χ3n) is 2.45. The fraction of sp³-hybridized carbons (Fsp3) is 0.583. The number of aromatic nitrogens is 2. The average molecular weight is 235 g/mol. The molecule has 1 saturated carbocycles. The maximum atomic E-state index is 11.6. The number of hydrogen-bond acceptors (Lipinski definition) is 5. The van der Waals surface area contributed by atoms with Crippen molar-refractivity contribution in [3.63, 3.8) is 0 Å². The summed E-state index contributed by atoms with van der Waals surface area (Å²) >= 11 is 0. The number of nitrogens with zero attached hydrogens (tertiary/aromatic N) is 2. The number of carbonyl (C=O) groups is 1. The van der Waals surface area contributed by atoms with Gasteiger partial charge in [-0.1, -0.05) is 0 Å². The lowest BCUT2D eigenvalue weighted by Crippen LogP contribution is -2.15. The predicted octanol–water partition coefficient (Wildman–Crippen LogP) is 1.86. The van der Waals surface area contributed by atoms with Crippen LogP contribution in [0.1, 0.15) is 37.2 Å². The van der Waals surface area contributed by atoms with E-state index in [9.17, 15) is 4.79 Å². The number of anilines is 1. The van der Waals surface area contributed by atoms with E-state index in [2.05, 4.69) is 15.3 Å². The zero-order chi connectivity index (χ0) is 12.3. The largest absolute Gasteiger partial charge is 0.458 e. The van der Waals surface area contributed by atoms with Gasteiger partial charge < -0.3 is 10.1 Å². The molecule has 1 aromatic rings. The molecule has 1 fully saturated rings. The van der Waals surface area contributed by atoms with Gasteiger partial charge in [0.1, 0.15) is 0 Å². The molecular weight excluding hydrogens is 218 g/mol. The first kappa shape index (κ1) is 11.8. The Labute approximate surface area is 101 Å². The van der Waals surface area contributed by atoms with Gasteiger partial charge >= 0.3 is 5.97 Å². The molecular formula is C12H17N3O2. The van der Waals surface area contributed by atoms with Crippen molar-refractivity contribution in [2.75, 3.05) is 11.9 Å². The van der Waals surface area contributed by atoms with E-state index in [1.165, 1.54) is 12.8 Å². The number of carbonyl (C=O) groups excluding carboxylic acids is 1. The highest BCUT2D eigenvalue weighted by molar-refractivity contribution is 5.87. The molecule has 0 saturated heterocycles. The Balaban J connectivity index is 1.96. The molecule has 17 heavy (non-hydrogen) atoms. The predicted molar refractivity (Wildman–Crippen MR) is 63.8 cm³/mol. The number of esters is 1. The Kier molecular flexibility index (Phi) is 3.56. The molecule has 0 bridgehead atoms. The van der Waals surface area contributed by atoms with E-state index in [-0.39, 0.29) is 6.10 Å². The first-order valence-electron chi connectivity index (χ1n) is 5.93. The third-order valence-corrected chi connectivity index (χ3v) is 2.45. The maximum Gasteiger partial charge on any atom is 0.357 e. The van der Waals surface area contributed by atoms with Gasteiger partial charge in [-0.15, -0.1) is 0 Å². The van der Waals surface area contributed by atoms with E-state index in [4.69, 9.17) is 4.74 Å². The molecule has 1 heterocycles. The molecule has 1 aliphatic carbocycles. The summed E-state index contributed by atoms with van der Waals surface area (Å²) in [5, 5.41) is 3.13. The summed E-state index contributed by atoms with van der Waals surface area (Å²) in [4.78, 5) is 19.8. The normalized spacial score (nSPS) is 14.8. The highest BCUT2D eigenvalue weighted by Gasteiger charge is 2.21. The molecule has 0 spiro atoms.